The molecular weight excluding hydrogens is 262 g/mol. The van der Waals surface area contributed by atoms with Crippen LogP contribution in [0.3, 0.4) is 0 Å². The van der Waals surface area contributed by atoms with Crippen LogP contribution in [0.25, 0.3) is 0 Å². The van der Waals surface area contributed by atoms with Crippen LogP contribution >= 0.6 is 0 Å². The van der Waals surface area contributed by atoms with Gasteiger partial charge in [0, 0.05) is 30.3 Å². The molecule has 0 spiro atoms. The summed E-state index contributed by atoms with van der Waals surface area (Å²) in [4.78, 5) is 22.3. The highest BCUT2D eigenvalue weighted by atomic mass is 16.6. The Morgan fingerprint density at radius 1 is 1.60 bits per heavy atom. The zero-order valence-corrected chi connectivity index (χ0v) is 11.2. The van der Waals surface area contributed by atoms with E-state index in [1.165, 1.54) is 25.3 Å². The van der Waals surface area contributed by atoms with Gasteiger partial charge in [0.25, 0.3) is 5.91 Å². The highest BCUT2D eigenvalue weighted by molar-refractivity contribution is 5.95. The van der Waals surface area contributed by atoms with E-state index in [1.807, 2.05) is 0 Å². The number of nitro benzene ring substituents is 1. The maximum Gasteiger partial charge on any atom is 0.310 e. The Kier molecular flexibility index (Phi) is 4.19. The normalized spacial score (nSPS) is 15.5. The summed E-state index contributed by atoms with van der Waals surface area (Å²) in [5, 5.41) is 13.6. The first-order valence-electron chi connectivity index (χ1n) is 6.40. The van der Waals surface area contributed by atoms with Crippen LogP contribution in [0.1, 0.15) is 23.2 Å². The van der Waals surface area contributed by atoms with Crippen LogP contribution in [0.2, 0.25) is 0 Å². The highest BCUT2D eigenvalue weighted by Crippen LogP contribution is 2.32. The Morgan fingerprint density at radius 3 is 2.80 bits per heavy atom. The smallest absolute Gasteiger partial charge is 0.310 e. The average Bonchev–Trinajstić information content (AvgIpc) is 3.28. The number of benzene rings is 1. The van der Waals surface area contributed by atoms with Crippen LogP contribution in [0, 0.1) is 16.0 Å². The summed E-state index contributed by atoms with van der Waals surface area (Å²) in [6, 6.07) is 4.01. The minimum Gasteiger partial charge on any atom is -0.490 e. The molecule has 1 fully saturated rings. The molecule has 7 heteroatoms. The van der Waals surface area contributed by atoms with Gasteiger partial charge in [-0.3, -0.25) is 14.9 Å². The number of nitrogens with one attached hydrogen (secondary N) is 1. The van der Waals surface area contributed by atoms with Crippen molar-refractivity contribution >= 4 is 11.6 Å². The topological polar surface area (TPSA) is 107 Å². The van der Waals surface area contributed by atoms with Crippen molar-refractivity contribution < 1.29 is 14.5 Å². The molecule has 20 heavy (non-hydrogen) atoms. The summed E-state index contributed by atoms with van der Waals surface area (Å²) in [5.74, 6) is 0.225. The zero-order valence-electron chi connectivity index (χ0n) is 11.2. The number of nitrogens with two attached hydrogens (primary N) is 1. The predicted molar refractivity (Wildman–Crippen MR) is 72.7 cm³/mol. The molecule has 0 bridgehead atoms. The Morgan fingerprint density at radius 2 is 2.30 bits per heavy atom. The van der Waals surface area contributed by atoms with Crippen molar-refractivity contribution in [1.82, 2.24) is 5.32 Å². The van der Waals surface area contributed by atoms with E-state index in [2.05, 4.69) is 5.32 Å². The van der Waals surface area contributed by atoms with Gasteiger partial charge in [-0.15, -0.1) is 0 Å². The Bertz CT molecular complexity index is 528. The van der Waals surface area contributed by atoms with Gasteiger partial charge in [-0.2, -0.15) is 0 Å². The largest absolute Gasteiger partial charge is 0.490 e. The minimum atomic E-state index is -0.548. The molecule has 7 nitrogen and oxygen atoms in total. The highest BCUT2D eigenvalue weighted by Gasteiger charge is 2.31. The zero-order chi connectivity index (χ0) is 14.7. The van der Waals surface area contributed by atoms with Gasteiger partial charge in [0.05, 0.1) is 12.0 Å². The maximum atomic E-state index is 12.1. The second-order valence-corrected chi connectivity index (χ2v) is 4.80. The fraction of sp³-hybridized carbons (Fsp3) is 0.462. The van der Waals surface area contributed by atoms with Gasteiger partial charge in [0.15, 0.2) is 5.75 Å². The van der Waals surface area contributed by atoms with E-state index < -0.39 is 4.92 Å². The van der Waals surface area contributed by atoms with Crippen LogP contribution in [0.5, 0.6) is 5.75 Å². The second kappa shape index (κ2) is 5.87. The lowest BCUT2D eigenvalue weighted by molar-refractivity contribution is -0.385. The van der Waals surface area contributed by atoms with E-state index in [-0.39, 0.29) is 23.4 Å². The van der Waals surface area contributed by atoms with Crippen molar-refractivity contribution in [2.45, 2.75) is 18.9 Å². The monoisotopic (exact) mass is 279 g/mol. The van der Waals surface area contributed by atoms with Crippen molar-refractivity contribution in [2.24, 2.45) is 11.7 Å². The molecular formula is C13H17N3O4. The van der Waals surface area contributed by atoms with Gasteiger partial charge < -0.3 is 15.8 Å². The molecule has 0 radical (unpaired) electrons. The molecule has 0 saturated heterocycles. The van der Waals surface area contributed by atoms with Crippen molar-refractivity contribution in [3.05, 3.63) is 33.9 Å². The summed E-state index contributed by atoms with van der Waals surface area (Å²) in [6.07, 6.45) is 2.15. The van der Waals surface area contributed by atoms with Crippen molar-refractivity contribution in [3.8, 4) is 5.75 Å². The number of hydrogen-bond donors (Lipinski definition) is 2. The van der Waals surface area contributed by atoms with Crippen LogP contribution in [-0.4, -0.2) is 30.5 Å². The number of hydrogen-bond acceptors (Lipinski definition) is 5. The number of amides is 1. The van der Waals surface area contributed by atoms with E-state index >= 15 is 0 Å². The molecule has 0 heterocycles. The second-order valence-electron chi connectivity index (χ2n) is 4.80. The first-order chi connectivity index (χ1) is 9.56. The fourth-order valence-corrected chi connectivity index (χ4v) is 2.09. The van der Waals surface area contributed by atoms with Crippen molar-refractivity contribution in [3.63, 3.8) is 0 Å². The minimum absolute atomic E-state index is 0.0383. The molecule has 1 atom stereocenters. The lowest BCUT2D eigenvalue weighted by atomic mass is 10.1. The number of carbonyl (C=O) groups excluding carboxylic acids is 1. The first-order valence-corrected chi connectivity index (χ1v) is 6.40. The quantitative estimate of drug-likeness (QED) is 0.598. The summed E-state index contributed by atoms with van der Waals surface area (Å²) in [6.45, 7) is 0.389. The number of nitrogens with zero attached hydrogens (tertiary/aromatic N) is 1. The van der Waals surface area contributed by atoms with Gasteiger partial charge in [-0.25, -0.2) is 0 Å². The predicted octanol–water partition coefficient (Wildman–Crippen LogP) is 1.07. The lowest BCUT2D eigenvalue weighted by Crippen LogP contribution is -2.41. The first kappa shape index (κ1) is 14.3. The van der Waals surface area contributed by atoms with Crippen molar-refractivity contribution in [2.75, 3.05) is 13.7 Å². The Balaban J connectivity index is 2.15. The third-order valence-electron chi connectivity index (χ3n) is 3.40. The molecule has 3 N–H and O–H groups in total. The van der Waals surface area contributed by atoms with Crippen LogP contribution in [0.15, 0.2) is 18.2 Å². The number of carbonyl (C=O) groups is 1. The molecule has 0 aromatic heterocycles. The SMILES string of the molecule is COc1cc(C(=O)NC(CN)C2CC2)ccc1[N+](=O)[O-]. The van der Waals surface area contributed by atoms with E-state index in [1.54, 1.807) is 0 Å². The molecule has 1 aliphatic rings. The van der Waals surface area contributed by atoms with E-state index in [0.29, 0.717) is 18.0 Å². The standard InChI is InChI=1S/C13H17N3O4/c1-20-12-6-9(4-5-11(12)16(18)19)13(17)15-10(7-14)8-2-3-8/h4-6,8,10H,2-3,7,14H2,1H3,(H,15,17). The fourth-order valence-electron chi connectivity index (χ4n) is 2.09. The molecule has 0 aliphatic heterocycles. The van der Waals surface area contributed by atoms with E-state index in [4.69, 9.17) is 10.5 Å². The van der Waals surface area contributed by atoms with Crippen molar-refractivity contribution in [1.29, 1.82) is 0 Å². The Hall–Kier alpha value is -2.15. The number of ether oxygens (including phenoxy) is 1. The molecule has 1 aromatic rings. The molecule has 108 valence electrons. The van der Waals surface area contributed by atoms with Crippen LogP contribution in [-0.2, 0) is 0 Å². The molecule has 1 saturated carbocycles. The summed E-state index contributed by atoms with van der Waals surface area (Å²) >= 11 is 0. The summed E-state index contributed by atoms with van der Waals surface area (Å²) in [5.41, 5.74) is 5.79. The number of nitro groups is 1. The maximum absolute atomic E-state index is 12.1. The van der Waals surface area contributed by atoms with Gasteiger partial charge >= 0.3 is 5.69 Å². The van der Waals surface area contributed by atoms with Crippen LogP contribution < -0.4 is 15.8 Å². The molecule has 1 amide bonds. The van der Waals surface area contributed by atoms with Crippen LogP contribution in [0.4, 0.5) is 5.69 Å². The third-order valence-corrected chi connectivity index (χ3v) is 3.40. The van der Waals surface area contributed by atoms with E-state index in [9.17, 15) is 14.9 Å². The van der Waals surface area contributed by atoms with Gasteiger partial charge in [0.1, 0.15) is 0 Å². The molecule has 1 aliphatic carbocycles. The van der Waals surface area contributed by atoms with E-state index in [0.717, 1.165) is 12.8 Å². The molecule has 1 unspecified atom stereocenters. The van der Waals surface area contributed by atoms with Gasteiger partial charge in [0.2, 0.25) is 0 Å². The lowest BCUT2D eigenvalue weighted by Gasteiger charge is -2.16. The summed E-state index contributed by atoms with van der Waals surface area (Å²) in [7, 11) is 1.33. The number of methoxy groups -OCH3 is 1. The molecule has 1 aromatic carbocycles. The van der Waals surface area contributed by atoms with Gasteiger partial charge in [-0.1, -0.05) is 0 Å². The summed E-state index contributed by atoms with van der Waals surface area (Å²) < 4.78 is 4.94. The molecule has 2 rings (SSSR count). The third kappa shape index (κ3) is 3.05. The Labute approximate surface area is 116 Å². The van der Waals surface area contributed by atoms with Gasteiger partial charge in [-0.05, 0) is 24.8 Å². The number of rotatable bonds is 6. The average molecular weight is 279 g/mol.